The summed E-state index contributed by atoms with van der Waals surface area (Å²) in [5, 5.41) is 8.84. The Hall–Kier alpha value is -0.670. The molecule has 0 aromatic heterocycles. The van der Waals surface area contributed by atoms with E-state index in [0.717, 1.165) is 10.8 Å². The highest BCUT2D eigenvalue weighted by molar-refractivity contribution is 9.10. The summed E-state index contributed by atoms with van der Waals surface area (Å²) in [4.78, 5) is 10.4. The molecule has 1 aromatic carbocycles. The molecule has 0 unspecified atom stereocenters. The van der Waals surface area contributed by atoms with Crippen LogP contribution >= 0.6 is 15.9 Å². The normalized spacial score (nSPS) is 9.64. The maximum Gasteiger partial charge on any atom is 0.150 e. The lowest BCUT2D eigenvalue weighted by Gasteiger charge is -2.01. The average molecular weight is 215 g/mol. The molecule has 1 N–H and O–H groups in total. The lowest BCUT2D eigenvalue weighted by Crippen LogP contribution is -1.92. The summed E-state index contributed by atoms with van der Waals surface area (Å²) >= 11 is 3.23. The molecule has 0 aliphatic rings. The van der Waals surface area contributed by atoms with Gasteiger partial charge in [0.05, 0.1) is 6.61 Å². The molecule has 0 spiro atoms. The van der Waals surface area contributed by atoms with Crippen LogP contribution in [0, 0.1) is 0 Å². The molecule has 0 aliphatic heterocycles. The summed E-state index contributed by atoms with van der Waals surface area (Å²) in [6.07, 6.45) is 0.732. The molecule has 1 rings (SSSR count). The van der Waals surface area contributed by atoms with E-state index in [9.17, 15) is 4.79 Å². The highest BCUT2D eigenvalue weighted by atomic mass is 79.9. The van der Waals surface area contributed by atoms with Crippen molar-refractivity contribution in [3.63, 3.8) is 0 Å². The second-order valence-electron chi connectivity index (χ2n) is 2.08. The minimum absolute atomic E-state index is 0.116. The van der Waals surface area contributed by atoms with Crippen molar-refractivity contribution in [1.29, 1.82) is 0 Å². The number of benzene rings is 1. The molecule has 3 heteroatoms. The van der Waals surface area contributed by atoms with Gasteiger partial charge in [-0.1, -0.05) is 28.1 Å². The minimum atomic E-state index is -0.116. The van der Waals surface area contributed by atoms with Crippen LogP contribution in [-0.2, 0) is 6.61 Å². The summed E-state index contributed by atoms with van der Waals surface area (Å²) in [5.74, 6) is 0. The van der Waals surface area contributed by atoms with Crippen LogP contribution in [0.15, 0.2) is 22.7 Å². The van der Waals surface area contributed by atoms with Gasteiger partial charge in [-0.15, -0.1) is 0 Å². The lowest BCUT2D eigenvalue weighted by molar-refractivity contribution is 0.112. The van der Waals surface area contributed by atoms with Crippen molar-refractivity contribution in [2.45, 2.75) is 6.61 Å². The zero-order chi connectivity index (χ0) is 8.27. The van der Waals surface area contributed by atoms with Gasteiger partial charge in [0.1, 0.15) is 6.29 Å². The van der Waals surface area contributed by atoms with Gasteiger partial charge in [-0.2, -0.15) is 0 Å². The first-order valence-corrected chi connectivity index (χ1v) is 3.92. The van der Waals surface area contributed by atoms with Crippen LogP contribution in [0.3, 0.4) is 0 Å². The molecule has 58 valence electrons. The van der Waals surface area contributed by atoms with E-state index in [0.29, 0.717) is 11.1 Å². The Labute approximate surface area is 73.0 Å². The standard InChI is InChI=1S/C8H7BrO2/c9-8-3-1-2-6(4-10)7(8)5-11/h1-4,11H,5H2. The molecule has 1 aromatic rings. The van der Waals surface area contributed by atoms with Crippen molar-refractivity contribution in [3.8, 4) is 0 Å². The third kappa shape index (κ3) is 1.67. The van der Waals surface area contributed by atoms with Gasteiger partial charge in [-0.3, -0.25) is 4.79 Å². The summed E-state index contributed by atoms with van der Waals surface area (Å²) in [6, 6.07) is 5.22. The Balaban J connectivity index is 3.23. The average Bonchev–Trinajstić information content (AvgIpc) is 2.04. The first-order chi connectivity index (χ1) is 5.29. The molecular weight excluding hydrogens is 208 g/mol. The first-order valence-electron chi connectivity index (χ1n) is 3.13. The van der Waals surface area contributed by atoms with Gasteiger partial charge in [-0.05, 0) is 6.07 Å². The number of carbonyl (C=O) groups is 1. The van der Waals surface area contributed by atoms with Crippen LogP contribution in [0.25, 0.3) is 0 Å². The van der Waals surface area contributed by atoms with Crippen molar-refractivity contribution in [1.82, 2.24) is 0 Å². The Kier molecular flexibility index (Phi) is 2.79. The summed E-state index contributed by atoms with van der Waals surface area (Å²) in [7, 11) is 0. The van der Waals surface area contributed by atoms with Crippen LogP contribution in [0.2, 0.25) is 0 Å². The van der Waals surface area contributed by atoms with Crippen molar-refractivity contribution < 1.29 is 9.90 Å². The third-order valence-corrected chi connectivity index (χ3v) is 2.18. The molecule has 0 saturated heterocycles. The monoisotopic (exact) mass is 214 g/mol. The number of aldehydes is 1. The number of aliphatic hydroxyl groups excluding tert-OH is 1. The largest absolute Gasteiger partial charge is 0.392 e. The number of halogens is 1. The highest BCUT2D eigenvalue weighted by Crippen LogP contribution is 2.18. The summed E-state index contributed by atoms with van der Waals surface area (Å²) in [5.41, 5.74) is 1.17. The number of rotatable bonds is 2. The van der Waals surface area contributed by atoms with Crippen LogP contribution in [0.1, 0.15) is 15.9 Å². The molecule has 0 amide bonds. The van der Waals surface area contributed by atoms with Crippen LogP contribution < -0.4 is 0 Å². The van der Waals surface area contributed by atoms with Crippen molar-refractivity contribution in [2.24, 2.45) is 0 Å². The molecule has 0 bridgehead atoms. The predicted octanol–water partition coefficient (Wildman–Crippen LogP) is 1.75. The molecule has 0 fully saturated rings. The van der Waals surface area contributed by atoms with E-state index in [1.807, 2.05) is 0 Å². The molecule has 0 aliphatic carbocycles. The van der Waals surface area contributed by atoms with Crippen molar-refractivity contribution >= 4 is 22.2 Å². The Morgan fingerprint density at radius 2 is 2.27 bits per heavy atom. The van der Waals surface area contributed by atoms with Gasteiger partial charge in [0.15, 0.2) is 0 Å². The Morgan fingerprint density at radius 3 is 2.73 bits per heavy atom. The minimum Gasteiger partial charge on any atom is -0.392 e. The van der Waals surface area contributed by atoms with Crippen LogP contribution in [-0.4, -0.2) is 11.4 Å². The number of carbonyl (C=O) groups excluding carboxylic acids is 1. The Bertz CT molecular complexity index is 271. The van der Waals surface area contributed by atoms with Gasteiger partial charge in [0.2, 0.25) is 0 Å². The SMILES string of the molecule is O=Cc1cccc(Br)c1CO. The van der Waals surface area contributed by atoms with E-state index in [1.165, 1.54) is 0 Å². The van der Waals surface area contributed by atoms with Gasteiger partial charge in [-0.25, -0.2) is 0 Å². The van der Waals surface area contributed by atoms with E-state index in [2.05, 4.69) is 15.9 Å². The molecule has 2 nitrogen and oxygen atoms in total. The van der Waals surface area contributed by atoms with Crippen molar-refractivity contribution in [3.05, 3.63) is 33.8 Å². The molecule has 0 saturated carbocycles. The van der Waals surface area contributed by atoms with E-state index < -0.39 is 0 Å². The number of hydrogen-bond acceptors (Lipinski definition) is 2. The van der Waals surface area contributed by atoms with E-state index in [1.54, 1.807) is 18.2 Å². The maximum atomic E-state index is 10.4. The fourth-order valence-corrected chi connectivity index (χ4v) is 1.36. The second kappa shape index (κ2) is 3.64. The smallest absolute Gasteiger partial charge is 0.150 e. The van der Waals surface area contributed by atoms with E-state index in [4.69, 9.17) is 5.11 Å². The molecule has 0 radical (unpaired) electrons. The lowest BCUT2D eigenvalue weighted by atomic mass is 10.1. The zero-order valence-electron chi connectivity index (χ0n) is 5.75. The fraction of sp³-hybridized carbons (Fsp3) is 0.125. The summed E-state index contributed by atoms with van der Waals surface area (Å²) in [6.45, 7) is -0.116. The first kappa shape index (κ1) is 8.43. The van der Waals surface area contributed by atoms with Gasteiger partial charge >= 0.3 is 0 Å². The topological polar surface area (TPSA) is 37.3 Å². The van der Waals surface area contributed by atoms with E-state index in [-0.39, 0.29) is 6.61 Å². The zero-order valence-corrected chi connectivity index (χ0v) is 7.34. The van der Waals surface area contributed by atoms with Gasteiger partial charge < -0.3 is 5.11 Å². The van der Waals surface area contributed by atoms with Crippen molar-refractivity contribution in [2.75, 3.05) is 0 Å². The van der Waals surface area contributed by atoms with Gasteiger partial charge in [0, 0.05) is 15.6 Å². The quantitative estimate of drug-likeness (QED) is 0.763. The second-order valence-corrected chi connectivity index (χ2v) is 2.94. The predicted molar refractivity (Wildman–Crippen MR) is 45.5 cm³/mol. The maximum absolute atomic E-state index is 10.4. The molecule has 0 atom stereocenters. The summed E-state index contributed by atoms with van der Waals surface area (Å²) < 4.78 is 0.768. The third-order valence-electron chi connectivity index (χ3n) is 1.44. The molecular formula is C8H7BrO2. The van der Waals surface area contributed by atoms with E-state index >= 15 is 0 Å². The van der Waals surface area contributed by atoms with Gasteiger partial charge in [0.25, 0.3) is 0 Å². The number of aliphatic hydroxyl groups is 1. The molecule has 0 heterocycles. The van der Waals surface area contributed by atoms with Crippen LogP contribution in [0.5, 0.6) is 0 Å². The van der Waals surface area contributed by atoms with Crippen LogP contribution in [0.4, 0.5) is 0 Å². The fourth-order valence-electron chi connectivity index (χ4n) is 0.853. The molecule has 11 heavy (non-hydrogen) atoms. The highest BCUT2D eigenvalue weighted by Gasteiger charge is 2.02. The number of hydrogen-bond donors (Lipinski definition) is 1. The Morgan fingerprint density at radius 1 is 1.55 bits per heavy atom.